The molecule has 0 amide bonds. The molecule has 2 heterocycles. The number of hydrogen-bond donors (Lipinski definition) is 2. The lowest BCUT2D eigenvalue weighted by molar-refractivity contribution is -0.0526. The summed E-state index contributed by atoms with van der Waals surface area (Å²) in [6.07, 6.45) is -1.11. The third-order valence-electron chi connectivity index (χ3n) is 5.10. The number of aromatic amines is 1. The summed E-state index contributed by atoms with van der Waals surface area (Å²) in [6, 6.07) is 3.26. The fourth-order valence-corrected chi connectivity index (χ4v) is 5.97. The molecule has 2 N–H and O–H groups in total. The number of methoxy groups -OCH3 is 1. The average Bonchev–Trinajstić information content (AvgIpc) is 3.08. The Labute approximate surface area is 206 Å². The van der Waals surface area contributed by atoms with Gasteiger partial charge in [0.25, 0.3) is 14.1 Å². The largest absolute Gasteiger partial charge is 0.374 e. The van der Waals surface area contributed by atoms with Crippen molar-refractivity contribution < 1.29 is 26.9 Å². The third-order valence-corrected chi connectivity index (χ3v) is 7.92. The average molecular weight is 536 g/mol. The van der Waals surface area contributed by atoms with Gasteiger partial charge < -0.3 is 18.5 Å². The molecule has 15 heteroatoms. The van der Waals surface area contributed by atoms with Crippen LogP contribution >= 0.6 is 8.53 Å². The van der Waals surface area contributed by atoms with E-state index < -0.39 is 54.3 Å². The molecule has 1 aliphatic heterocycles. The first-order valence-electron chi connectivity index (χ1n) is 11.1. The Morgan fingerprint density at radius 1 is 1.29 bits per heavy atom. The second kappa shape index (κ2) is 13.0. The summed E-state index contributed by atoms with van der Waals surface area (Å²) in [5.41, 5.74) is -1.28. The number of nitriles is 1. The van der Waals surface area contributed by atoms with Crippen molar-refractivity contribution in [1.82, 2.24) is 18.9 Å². The highest BCUT2D eigenvalue weighted by atomic mass is 32.2. The maximum Gasteiger partial charge on any atom is 0.330 e. The van der Waals surface area contributed by atoms with Gasteiger partial charge in [-0.1, -0.05) is 0 Å². The number of sulfonamides is 1. The highest BCUT2D eigenvalue weighted by Crippen LogP contribution is 2.50. The molecule has 0 aliphatic carbocycles. The number of rotatable bonds is 13. The molecule has 1 aliphatic rings. The number of ether oxygens (including phenoxy) is 2. The number of nitrogens with one attached hydrogen (secondary N) is 2. The lowest BCUT2D eigenvalue weighted by Gasteiger charge is -2.38. The lowest BCUT2D eigenvalue weighted by Crippen LogP contribution is -2.43. The quantitative estimate of drug-likeness (QED) is 0.271. The second-order valence-corrected chi connectivity index (χ2v) is 11.8. The summed E-state index contributed by atoms with van der Waals surface area (Å²) in [5.74, 6) is 0. The molecular weight excluding hydrogens is 501 g/mol. The molecule has 0 radical (unpaired) electrons. The minimum atomic E-state index is -3.56. The smallest absolute Gasteiger partial charge is 0.330 e. The van der Waals surface area contributed by atoms with E-state index in [1.54, 1.807) is 0 Å². The number of hydrogen-bond acceptors (Lipinski definition) is 10. The Morgan fingerprint density at radius 2 is 1.94 bits per heavy atom. The summed E-state index contributed by atoms with van der Waals surface area (Å²) in [6.45, 7) is 7.92. The van der Waals surface area contributed by atoms with Gasteiger partial charge in [0.2, 0.25) is 10.0 Å². The topological polar surface area (TPSA) is 165 Å². The molecule has 1 aromatic heterocycles. The molecule has 13 nitrogen and oxygen atoms in total. The Morgan fingerprint density at radius 3 is 2.46 bits per heavy atom. The van der Waals surface area contributed by atoms with Gasteiger partial charge in [-0.2, -0.15) is 5.26 Å². The van der Waals surface area contributed by atoms with Gasteiger partial charge in [-0.3, -0.25) is 14.3 Å². The molecule has 1 unspecified atom stereocenters. The van der Waals surface area contributed by atoms with Crippen LogP contribution in [0.1, 0.15) is 40.3 Å². The van der Waals surface area contributed by atoms with Crippen LogP contribution in [-0.2, 0) is 28.5 Å². The van der Waals surface area contributed by atoms with E-state index in [1.807, 2.05) is 38.4 Å². The minimum absolute atomic E-state index is 0.0247. The van der Waals surface area contributed by atoms with Gasteiger partial charge in [0, 0.05) is 38.0 Å². The van der Waals surface area contributed by atoms with Gasteiger partial charge in [-0.05, 0) is 27.7 Å². The highest BCUT2D eigenvalue weighted by Gasteiger charge is 2.49. The standard InChI is InChI=1S/C20H34N5O8PS/c1-13(2)25(14(3)4)34(31-11-7-9-21)33-17-15(12-22-35(6,28)29)32-19(18(17)30-5)24-10-8-16(26)23-20(24)27/h8,10,13-15,17-19,22H,7,11-12H2,1-6H3,(H,23,26,27)/t15-,17-,18-,19-,34?/m1/s1. The van der Waals surface area contributed by atoms with Crippen molar-refractivity contribution in [2.45, 2.75) is 70.7 Å². The molecule has 35 heavy (non-hydrogen) atoms. The third kappa shape index (κ3) is 8.16. The molecule has 1 aromatic rings. The van der Waals surface area contributed by atoms with E-state index >= 15 is 0 Å². The summed E-state index contributed by atoms with van der Waals surface area (Å²) < 4.78 is 53.3. The first-order valence-corrected chi connectivity index (χ1v) is 14.1. The van der Waals surface area contributed by atoms with Gasteiger partial charge >= 0.3 is 5.69 Å². The maximum absolute atomic E-state index is 12.5. The van der Waals surface area contributed by atoms with Crippen molar-refractivity contribution in [3.8, 4) is 6.07 Å². The van der Waals surface area contributed by atoms with Crippen LogP contribution in [0.2, 0.25) is 0 Å². The lowest BCUT2D eigenvalue weighted by atomic mass is 10.1. The van der Waals surface area contributed by atoms with Crippen molar-refractivity contribution in [2.75, 3.05) is 26.5 Å². The first-order chi connectivity index (χ1) is 16.4. The maximum atomic E-state index is 12.5. The molecular formula is C20H34N5O8PS. The van der Waals surface area contributed by atoms with Crippen LogP contribution in [0, 0.1) is 11.3 Å². The summed E-state index contributed by atoms with van der Waals surface area (Å²) >= 11 is 0. The molecule has 2 rings (SSSR count). The number of aromatic nitrogens is 2. The molecule has 0 aromatic carbocycles. The van der Waals surface area contributed by atoms with Gasteiger partial charge in [-0.25, -0.2) is 22.6 Å². The van der Waals surface area contributed by atoms with E-state index in [2.05, 4.69) is 9.71 Å². The Bertz CT molecular complexity index is 1080. The van der Waals surface area contributed by atoms with E-state index in [-0.39, 0.29) is 31.7 Å². The molecule has 1 fully saturated rings. The Kier molecular flexibility index (Phi) is 11.0. The zero-order chi connectivity index (χ0) is 26.3. The van der Waals surface area contributed by atoms with E-state index in [1.165, 1.54) is 19.4 Å². The van der Waals surface area contributed by atoms with Crippen molar-refractivity contribution in [1.29, 1.82) is 5.26 Å². The van der Waals surface area contributed by atoms with Crippen LogP contribution < -0.4 is 16.0 Å². The molecule has 0 bridgehead atoms. The van der Waals surface area contributed by atoms with Crippen LogP contribution in [0.15, 0.2) is 21.9 Å². The zero-order valence-electron chi connectivity index (χ0n) is 20.7. The first kappa shape index (κ1) is 29.5. The van der Waals surface area contributed by atoms with E-state index in [4.69, 9.17) is 23.8 Å². The predicted molar refractivity (Wildman–Crippen MR) is 129 cm³/mol. The van der Waals surface area contributed by atoms with Gasteiger partial charge in [0.1, 0.15) is 18.3 Å². The zero-order valence-corrected chi connectivity index (χ0v) is 22.4. The molecule has 198 valence electrons. The van der Waals surface area contributed by atoms with E-state index in [0.717, 1.165) is 10.8 Å². The van der Waals surface area contributed by atoms with Crippen molar-refractivity contribution in [3.63, 3.8) is 0 Å². The van der Waals surface area contributed by atoms with Crippen molar-refractivity contribution >= 4 is 18.5 Å². The van der Waals surface area contributed by atoms with Crippen LogP contribution in [0.5, 0.6) is 0 Å². The number of nitrogens with zero attached hydrogens (tertiary/aromatic N) is 3. The molecule has 0 saturated carbocycles. The Hall–Kier alpha value is -1.69. The van der Waals surface area contributed by atoms with Crippen LogP contribution in [0.4, 0.5) is 0 Å². The molecule has 1 saturated heterocycles. The van der Waals surface area contributed by atoms with Crippen LogP contribution in [0.25, 0.3) is 0 Å². The molecule has 5 atom stereocenters. The fraction of sp³-hybridized carbons (Fsp3) is 0.750. The normalized spacial score (nSPS) is 23.8. The molecule has 0 spiro atoms. The van der Waals surface area contributed by atoms with Crippen LogP contribution in [-0.4, -0.2) is 79.6 Å². The van der Waals surface area contributed by atoms with E-state index in [0.29, 0.717) is 0 Å². The fourth-order valence-electron chi connectivity index (χ4n) is 3.73. The van der Waals surface area contributed by atoms with Crippen LogP contribution in [0.3, 0.4) is 0 Å². The summed E-state index contributed by atoms with van der Waals surface area (Å²) in [4.78, 5) is 26.2. The van der Waals surface area contributed by atoms with E-state index in [9.17, 15) is 18.0 Å². The predicted octanol–water partition coefficient (Wildman–Crippen LogP) is 0.659. The Balaban J connectivity index is 2.46. The summed E-state index contributed by atoms with van der Waals surface area (Å²) in [7, 11) is -3.86. The van der Waals surface area contributed by atoms with Gasteiger partial charge in [0.05, 0.1) is 25.4 Å². The van der Waals surface area contributed by atoms with Crippen molar-refractivity contribution in [3.05, 3.63) is 33.1 Å². The van der Waals surface area contributed by atoms with Gasteiger partial charge in [0.15, 0.2) is 6.23 Å². The second-order valence-electron chi connectivity index (χ2n) is 8.52. The minimum Gasteiger partial charge on any atom is -0.374 e. The van der Waals surface area contributed by atoms with Gasteiger partial charge in [-0.15, -0.1) is 0 Å². The summed E-state index contributed by atoms with van der Waals surface area (Å²) in [5, 5.41) is 8.96. The number of H-pyrrole nitrogens is 1. The van der Waals surface area contributed by atoms with Crippen molar-refractivity contribution in [2.24, 2.45) is 0 Å². The monoisotopic (exact) mass is 535 g/mol. The SMILES string of the molecule is CO[C@@H]1[C@H](OP(OCCC#N)N(C(C)C)C(C)C)[C@@H](CNS(C)(=O)=O)O[C@H]1n1ccc(=O)[nH]c1=O. The highest BCUT2D eigenvalue weighted by molar-refractivity contribution is 7.88.